The van der Waals surface area contributed by atoms with E-state index in [1.54, 1.807) is 24.3 Å². The Morgan fingerprint density at radius 2 is 1.68 bits per heavy atom. The molecule has 0 aromatic heterocycles. The molecule has 1 aliphatic heterocycles. The summed E-state index contributed by atoms with van der Waals surface area (Å²) in [5.41, 5.74) is -0.338. The maximum absolute atomic E-state index is 10.1. The predicted octanol–water partition coefficient (Wildman–Crippen LogP) is -0.442. The average Bonchev–Trinajstić information content (AvgIpc) is 3.29. The summed E-state index contributed by atoms with van der Waals surface area (Å²) >= 11 is 0. The maximum atomic E-state index is 10.1. The van der Waals surface area contributed by atoms with Crippen molar-refractivity contribution in [1.29, 1.82) is 0 Å². The number of aliphatic hydroxyl groups is 3. The van der Waals surface area contributed by atoms with Gasteiger partial charge < -0.3 is 34.6 Å². The zero-order valence-corrected chi connectivity index (χ0v) is 12.5. The second-order valence-corrected chi connectivity index (χ2v) is 6.96. The summed E-state index contributed by atoms with van der Waals surface area (Å²) in [7, 11) is -2.10. The van der Waals surface area contributed by atoms with Gasteiger partial charge >= 0.3 is 0 Å². The summed E-state index contributed by atoms with van der Waals surface area (Å²) in [6.45, 7) is 0. The van der Waals surface area contributed by atoms with E-state index in [-0.39, 0.29) is 11.6 Å². The Hall–Kier alpha value is -0.790. The topological polar surface area (TPSA) is 120 Å². The Morgan fingerprint density at radius 3 is 2.27 bits per heavy atom. The third-order valence-corrected chi connectivity index (χ3v) is 5.31. The summed E-state index contributed by atoms with van der Waals surface area (Å²) in [5.74, 6) is 0.202. The lowest BCUT2D eigenvalue weighted by atomic mass is 9.96. The van der Waals surface area contributed by atoms with Crippen molar-refractivity contribution >= 4 is 8.38 Å². The number of aliphatic hydroxyl groups excluding tert-OH is 3. The van der Waals surface area contributed by atoms with Crippen molar-refractivity contribution in [1.82, 2.24) is 0 Å². The van der Waals surface area contributed by atoms with Gasteiger partial charge in [0.25, 0.3) is 0 Å². The average molecular weight is 330 g/mol. The lowest BCUT2D eigenvalue weighted by Crippen LogP contribution is -2.59. The number of benzene rings is 1. The van der Waals surface area contributed by atoms with Gasteiger partial charge in [0.1, 0.15) is 24.1 Å². The van der Waals surface area contributed by atoms with Crippen LogP contribution < -0.4 is 4.74 Å². The van der Waals surface area contributed by atoms with Gasteiger partial charge in [-0.15, -0.1) is 0 Å². The first-order valence-corrected chi connectivity index (χ1v) is 8.39. The molecule has 122 valence electrons. The Morgan fingerprint density at radius 1 is 1.00 bits per heavy atom. The Labute approximate surface area is 128 Å². The minimum absolute atomic E-state index is 0.264. The SMILES string of the molecule is OC1C(O)[C@H](O)C(C2CC2P(O)O)O[C@@H]1Oc1ccccc1. The van der Waals surface area contributed by atoms with Gasteiger partial charge in [0.15, 0.2) is 8.38 Å². The van der Waals surface area contributed by atoms with Crippen LogP contribution in [0.3, 0.4) is 0 Å². The second kappa shape index (κ2) is 6.37. The number of hydrogen-bond donors (Lipinski definition) is 5. The van der Waals surface area contributed by atoms with Crippen molar-refractivity contribution in [2.45, 2.75) is 42.8 Å². The van der Waals surface area contributed by atoms with Crippen molar-refractivity contribution in [3.63, 3.8) is 0 Å². The highest BCUT2D eigenvalue weighted by Gasteiger charge is 2.56. The molecule has 22 heavy (non-hydrogen) atoms. The highest BCUT2D eigenvalue weighted by molar-refractivity contribution is 7.46. The van der Waals surface area contributed by atoms with E-state index in [0.29, 0.717) is 12.2 Å². The van der Waals surface area contributed by atoms with Crippen LogP contribution in [0.15, 0.2) is 30.3 Å². The first kappa shape index (κ1) is 16.1. The molecule has 2 fully saturated rings. The summed E-state index contributed by atoms with van der Waals surface area (Å²) in [6.07, 6.45) is -5.54. The molecule has 1 aromatic rings. The molecule has 8 heteroatoms. The van der Waals surface area contributed by atoms with Gasteiger partial charge in [-0.3, -0.25) is 0 Å². The molecule has 5 unspecified atom stereocenters. The van der Waals surface area contributed by atoms with E-state index >= 15 is 0 Å². The first-order valence-electron chi connectivity index (χ1n) is 7.07. The van der Waals surface area contributed by atoms with Gasteiger partial charge in [-0.1, -0.05) is 18.2 Å². The van der Waals surface area contributed by atoms with Crippen molar-refractivity contribution in [2.75, 3.05) is 0 Å². The third kappa shape index (κ3) is 3.12. The van der Waals surface area contributed by atoms with Crippen molar-refractivity contribution < 1.29 is 34.6 Å². The normalized spacial score (nSPS) is 41.5. The molecule has 0 spiro atoms. The molecule has 7 nitrogen and oxygen atoms in total. The maximum Gasteiger partial charge on any atom is 0.229 e. The van der Waals surface area contributed by atoms with E-state index in [4.69, 9.17) is 9.47 Å². The van der Waals surface area contributed by atoms with Crippen LogP contribution in [-0.4, -0.2) is 61.5 Å². The lowest BCUT2D eigenvalue weighted by molar-refractivity contribution is -0.276. The predicted molar refractivity (Wildman–Crippen MR) is 77.0 cm³/mol. The summed E-state index contributed by atoms with van der Waals surface area (Å²) < 4.78 is 11.1. The minimum Gasteiger partial charge on any atom is -0.462 e. The van der Waals surface area contributed by atoms with Gasteiger partial charge in [0.05, 0.1) is 6.10 Å². The van der Waals surface area contributed by atoms with Crippen molar-refractivity contribution in [2.24, 2.45) is 5.92 Å². The standard InChI is InChI=1S/C14H19O7P/c15-10-11(16)13(8-6-9(8)22(18)19)21-14(12(10)17)20-7-4-2-1-3-5-7/h1-5,8-19H,6H2/t8?,9?,10?,11-,12?,13?,14-/m0/s1. The Kier molecular flexibility index (Phi) is 4.66. The van der Waals surface area contributed by atoms with E-state index in [2.05, 4.69) is 0 Å². The molecule has 2 aliphatic rings. The highest BCUT2D eigenvalue weighted by atomic mass is 31.2. The summed E-state index contributed by atoms with van der Waals surface area (Å²) in [6, 6.07) is 8.70. The summed E-state index contributed by atoms with van der Waals surface area (Å²) in [4.78, 5) is 18.5. The molecule has 0 amide bonds. The van der Waals surface area contributed by atoms with Crippen LogP contribution in [0.2, 0.25) is 0 Å². The molecule has 1 aliphatic carbocycles. The Balaban J connectivity index is 1.71. The largest absolute Gasteiger partial charge is 0.462 e. The number of rotatable bonds is 4. The van der Waals surface area contributed by atoms with Gasteiger partial charge in [0, 0.05) is 5.66 Å². The van der Waals surface area contributed by atoms with E-state index < -0.39 is 39.1 Å². The number of ether oxygens (including phenoxy) is 2. The van der Waals surface area contributed by atoms with Crippen LogP contribution >= 0.6 is 8.38 Å². The molecular weight excluding hydrogens is 311 g/mol. The quantitative estimate of drug-likeness (QED) is 0.475. The van der Waals surface area contributed by atoms with E-state index in [1.165, 1.54) is 0 Å². The van der Waals surface area contributed by atoms with Crippen LogP contribution in [0.5, 0.6) is 5.75 Å². The Bertz CT molecular complexity index is 499. The van der Waals surface area contributed by atoms with E-state index in [0.717, 1.165) is 0 Å². The molecule has 1 saturated heterocycles. The highest BCUT2D eigenvalue weighted by Crippen LogP contribution is 2.55. The van der Waals surface area contributed by atoms with Crippen LogP contribution in [0.4, 0.5) is 0 Å². The molecule has 1 aromatic carbocycles. The second-order valence-electron chi connectivity index (χ2n) is 5.66. The van der Waals surface area contributed by atoms with Crippen LogP contribution in [0.25, 0.3) is 0 Å². The van der Waals surface area contributed by atoms with Gasteiger partial charge in [-0.25, -0.2) is 0 Å². The van der Waals surface area contributed by atoms with Gasteiger partial charge in [-0.05, 0) is 24.5 Å². The molecule has 5 N–H and O–H groups in total. The fourth-order valence-corrected chi connectivity index (χ4v) is 3.72. The zero-order chi connectivity index (χ0) is 15.9. The van der Waals surface area contributed by atoms with Crippen molar-refractivity contribution in [3.05, 3.63) is 30.3 Å². The van der Waals surface area contributed by atoms with Crippen LogP contribution in [0.1, 0.15) is 6.42 Å². The van der Waals surface area contributed by atoms with E-state index in [9.17, 15) is 25.1 Å². The zero-order valence-electron chi connectivity index (χ0n) is 11.6. The molecule has 1 heterocycles. The van der Waals surface area contributed by atoms with Crippen LogP contribution in [0, 0.1) is 5.92 Å². The fourth-order valence-electron chi connectivity index (χ4n) is 2.78. The first-order chi connectivity index (χ1) is 10.5. The smallest absolute Gasteiger partial charge is 0.229 e. The monoisotopic (exact) mass is 330 g/mol. The van der Waals surface area contributed by atoms with Crippen LogP contribution in [-0.2, 0) is 4.74 Å². The summed E-state index contributed by atoms with van der Waals surface area (Å²) in [5, 5.41) is 30.1. The molecule has 1 saturated carbocycles. The molecule has 7 atom stereocenters. The van der Waals surface area contributed by atoms with E-state index in [1.807, 2.05) is 6.07 Å². The van der Waals surface area contributed by atoms with Gasteiger partial charge in [0.2, 0.25) is 6.29 Å². The molecule has 0 radical (unpaired) electrons. The molecular formula is C14H19O7P. The lowest BCUT2D eigenvalue weighted by Gasteiger charge is -2.40. The molecule has 3 rings (SSSR count). The van der Waals surface area contributed by atoms with Gasteiger partial charge in [-0.2, -0.15) is 0 Å². The van der Waals surface area contributed by atoms with Crippen molar-refractivity contribution in [3.8, 4) is 5.75 Å². The number of para-hydroxylation sites is 1. The minimum atomic E-state index is -2.10. The number of hydrogen-bond acceptors (Lipinski definition) is 7. The fraction of sp³-hybridized carbons (Fsp3) is 0.571. The molecule has 0 bridgehead atoms. The third-order valence-electron chi connectivity index (χ3n) is 4.13.